The van der Waals surface area contributed by atoms with Crippen molar-refractivity contribution in [3.63, 3.8) is 0 Å². The maximum atomic E-state index is 12.4. The molecule has 2 rings (SSSR count). The second-order valence-corrected chi connectivity index (χ2v) is 7.10. The highest BCUT2D eigenvalue weighted by molar-refractivity contribution is 7.85. The van der Waals surface area contributed by atoms with Crippen molar-refractivity contribution < 1.29 is 17.4 Å². The number of aryl methyl sites for hydroxylation is 1. The zero-order valence-corrected chi connectivity index (χ0v) is 13.3. The highest BCUT2D eigenvalue weighted by atomic mass is 32.2. The van der Waals surface area contributed by atoms with Gasteiger partial charge in [0.15, 0.2) is 0 Å². The third kappa shape index (κ3) is 4.54. The Labute approximate surface area is 126 Å². The molecule has 0 spiro atoms. The van der Waals surface area contributed by atoms with E-state index in [0.717, 1.165) is 43.3 Å². The van der Waals surface area contributed by atoms with E-state index in [4.69, 9.17) is 4.18 Å². The van der Waals surface area contributed by atoms with E-state index in [1.54, 1.807) is 18.2 Å². The van der Waals surface area contributed by atoms with Gasteiger partial charge < -0.3 is 4.90 Å². The molecule has 1 aromatic rings. The zero-order chi connectivity index (χ0) is 15.5. The Hall–Kier alpha value is -1.40. The number of hydrogen-bond acceptors (Lipinski definition) is 4. The molecule has 0 aromatic heterocycles. The van der Waals surface area contributed by atoms with Gasteiger partial charge in [-0.2, -0.15) is 8.42 Å². The van der Waals surface area contributed by atoms with Crippen LogP contribution in [-0.4, -0.2) is 38.6 Å². The summed E-state index contributed by atoms with van der Waals surface area (Å²) in [4.78, 5) is 14.3. The fourth-order valence-corrected chi connectivity index (χ4v) is 2.78. The highest BCUT2D eigenvalue weighted by Crippen LogP contribution is 2.17. The minimum absolute atomic E-state index is 0.00283. The Bertz CT molecular complexity index is 619. The van der Waals surface area contributed by atoms with E-state index in [1.165, 1.54) is 6.42 Å². The summed E-state index contributed by atoms with van der Waals surface area (Å²) in [6, 6.07) is 5.31. The lowest BCUT2D eigenvalue weighted by atomic mass is 10.0. The summed E-state index contributed by atoms with van der Waals surface area (Å²) in [6.07, 6.45) is 4.33. The molecule has 1 saturated heterocycles. The molecule has 0 unspecified atom stereocenters. The number of piperidine rings is 1. The number of benzene rings is 1. The topological polar surface area (TPSA) is 63.7 Å². The summed E-state index contributed by atoms with van der Waals surface area (Å²) >= 11 is 0. The van der Waals surface area contributed by atoms with Crippen LogP contribution in [0.4, 0.5) is 0 Å². The lowest BCUT2D eigenvalue weighted by Gasteiger charge is -2.27. The van der Waals surface area contributed by atoms with Gasteiger partial charge in [-0.15, -0.1) is 0 Å². The molecule has 21 heavy (non-hydrogen) atoms. The Morgan fingerprint density at radius 2 is 1.90 bits per heavy atom. The molecule has 116 valence electrons. The smallest absolute Gasteiger partial charge is 0.264 e. The van der Waals surface area contributed by atoms with Crippen molar-refractivity contribution in [2.75, 3.05) is 19.3 Å². The van der Waals surface area contributed by atoms with Crippen LogP contribution in [-0.2, 0) is 20.9 Å². The van der Waals surface area contributed by atoms with E-state index in [9.17, 15) is 13.2 Å². The number of amides is 1. The normalized spacial score (nSPS) is 16.0. The van der Waals surface area contributed by atoms with Crippen molar-refractivity contribution in [1.82, 2.24) is 4.90 Å². The van der Waals surface area contributed by atoms with Gasteiger partial charge in [-0.25, -0.2) is 0 Å². The van der Waals surface area contributed by atoms with Crippen LogP contribution in [0.5, 0.6) is 0 Å². The predicted molar refractivity (Wildman–Crippen MR) is 80.6 cm³/mol. The fourth-order valence-electron chi connectivity index (χ4n) is 2.44. The number of hydrogen-bond donors (Lipinski definition) is 0. The van der Waals surface area contributed by atoms with E-state index in [1.807, 2.05) is 11.8 Å². The second-order valence-electron chi connectivity index (χ2n) is 5.46. The molecular formula is C15H21NO4S. The van der Waals surface area contributed by atoms with Crippen molar-refractivity contribution in [3.8, 4) is 0 Å². The van der Waals surface area contributed by atoms with Crippen molar-refractivity contribution >= 4 is 16.0 Å². The number of likely N-dealkylation sites (tertiary alicyclic amines) is 1. The molecule has 0 radical (unpaired) electrons. The molecule has 0 atom stereocenters. The molecule has 5 nitrogen and oxygen atoms in total. The predicted octanol–water partition coefficient (Wildman–Crippen LogP) is 2.10. The number of nitrogens with zero attached hydrogens (tertiary/aromatic N) is 1. The molecular weight excluding hydrogens is 290 g/mol. The van der Waals surface area contributed by atoms with Crippen LogP contribution in [0.25, 0.3) is 0 Å². The zero-order valence-electron chi connectivity index (χ0n) is 12.5. The molecule has 1 aliphatic heterocycles. The largest absolute Gasteiger partial charge is 0.339 e. The lowest BCUT2D eigenvalue weighted by Crippen LogP contribution is -2.35. The molecule has 0 bridgehead atoms. The molecule has 1 fully saturated rings. The SMILES string of the molecule is Cc1cc(C(=O)N2CCCCC2)ccc1COS(C)(=O)=O. The number of carbonyl (C=O) groups excluding carboxylic acids is 1. The van der Waals surface area contributed by atoms with E-state index >= 15 is 0 Å². The standard InChI is InChI=1S/C15H21NO4S/c1-12-10-13(15(17)16-8-4-3-5-9-16)6-7-14(12)11-20-21(2,18)19/h6-7,10H,3-5,8-9,11H2,1-2H3. The van der Waals surface area contributed by atoms with Gasteiger partial charge in [-0.3, -0.25) is 8.98 Å². The van der Waals surface area contributed by atoms with E-state index in [-0.39, 0.29) is 12.5 Å². The Balaban J connectivity index is 2.09. The minimum Gasteiger partial charge on any atom is -0.339 e. The number of rotatable bonds is 4. The molecule has 1 aliphatic rings. The molecule has 1 heterocycles. The maximum absolute atomic E-state index is 12.4. The second kappa shape index (κ2) is 6.58. The van der Waals surface area contributed by atoms with Crippen molar-refractivity contribution in [1.29, 1.82) is 0 Å². The maximum Gasteiger partial charge on any atom is 0.264 e. The van der Waals surface area contributed by atoms with Gasteiger partial charge in [0, 0.05) is 18.7 Å². The van der Waals surface area contributed by atoms with Crippen molar-refractivity contribution in [3.05, 3.63) is 34.9 Å². The van der Waals surface area contributed by atoms with Crippen LogP contribution in [0, 0.1) is 6.92 Å². The summed E-state index contributed by atoms with van der Waals surface area (Å²) in [5.74, 6) is 0.0494. The third-order valence-corrected chi connectivity index (χ3v) is 4.21. The molecule has 0 aliphatic carbocycles. The first-order chi connectivity index (χ1) is 9.87. The van der Waals surface area contributed by atoms with Crippen molar-refractivity contribution in [2.45, 2.75) is 32.8 Å². The van der Waals surface area contributed by atoms with Crippen LogP contribution in [0.15, 0.2) is 18.2 Å². The van der Waals surface area contributed by atoms with Crippen LogP contribution < -0.4 is 0 Å². The van der Waals surface area contributed by atoms with E-state index in [2.05, 4.69) is 0 Å². The van der Waals surface area contributed by atoms with Gasteiger partial charge in [0.2, 0.25) is 0 Å². The number of carbonyl (C=O) groups is 1. The Morgan fingerprint density at radius 3 is 2.48 bits per heavy atom. The summed E-state index contributed by atoms with van der Waals surface area (Å²) in [6.45, 7) is 3.49. The third-order valence-electron chi connectivity index (χ3n) is 3.66. The first-order valence-corrected chi connectivity index (χ1v) is 8.92. The average Bonchev–Trinajstić information content (AvgIpc) is 2.45. The van der Waals surface area contributed by atoms with Crippen LogP contribution in [0.1, 0.15) is 40.7 Å². The fraction of sp³-hybridized carbons (Fsp3) is 0.533. The summed E-state index contributed by atoms with van der Waals surface area (Å²) < 4.78 is 26.8. The van der Waals surface area contributed by atoms with Gasteiger partial charge in [0.1, 0.15) is 0 Å². The van der Waals surface area contributed by atoms with E-state index in [0.29, 0.717) is 5.56 Å². The molecule has 1 aromatic carbocycles. The Morgan fingerprint density at radius 1 is 1.24 bits per heavy atom. The van der Waals surface area contributed by atoms with Gasteiger partial charge in [0.05, 0.1) is 12.9 Å². The monoisotopic (exact) mass is 311 g/mol. The highest BCUT2D eigenvalue weighted by Gasteiger charge is 2.18. The summed E-state index contributed by atoms with van der Waals surface area (Å²) in [5, 5.41) is 0. The van der Waals surface area contributed by atoms with Gasteiger partial charge >= 0.3 is 0 Å². The van der Waals surface area contributed by atoms with Gasteiger partial charge in [-0.1, -0.05) is 6.07 Å². The minimum atomic E-state index is -3.46. The van der Waals surface area contributed by atoms with Crippen LogP contribution in [0.3, 0.4) is 0 Å². The molecule has 0 saturated carbocycles. The summed E-state index contributed by atoms with van der Waals surface area (Å²) in [5.41, 5.74) is 2.29. The first kappa shape index (κ1) is 16.0. The van der Waals surface area contributed by atoms with Crippen LogP contribution in [0.2, 0.25) is 0 Å². The Kier molecular flexibility index (Phi) is 5.00. The van der Waals surface area contributed by atoms with Gasteiger partial charge in [0.25, 0.3) is 16.0 Å². The van der Waals surface area contributed by atoms with E-state index < -0.39 is 10.1 Å². The average molecular weight is 311 g/mol. The van der Waals surface area contributed by atoms with Crippen LogP contribution >= 0.6 is 0 Å². The quantitative estimate of drug-likeness (QED) is 0.799. The molecule has 1 amide bonds. The lowest BCUT2D eigenvalue weighted by molar-refractivity contribution is 0.0724. The molecule has 6 heteroatoms. The first-order valence-electron chi connectivity index (χ1n) is 7.10. The van der Waals surface area contributed by atoms with Crippen molar-refractivity contribution in [2.24, 2.45) is 0 Å². The summed E-state index contributed by atoms with van der Waals surface area (Å²) in [7, 11) is -3.46. The molecule has 0 N–H and O–H groups in total. The van der Waals surface area contributed by atoms with Gasteiger partial charge in [-0.05, 0) is 49.4 Å².